The molecule has 3 nitrogen and oxygen atoms in total. The molecule has 0 aromatic carbocycles. The third-order valence-corrected chi connectivity index (χ3v) is 3.81. The highest BCUT2D eigenvalue weighted by molar-refractivity contribution is 6.02. The van der Waals surface area contributed by atoms with Gasteiger partial charge in [0.05, 0.1) is 0 Å². The second-order valence-electron chi connectivity index (χ2n) is 5.03. The van der Waals surface area contributed by atoms with E-state index in [1.54, 1.807) is 0 Å². The molecule has 0 aliphatic heterocycles. The Kier molecular flexibility index (Phi) is 6.13. The number of unbranched alkanes of at least 4 members (excludes halogenated alkanes) is 2. The predicted octanol–water partition coefficient (Wildman–Crippen LogP) is 3.11. The number of nitrogens with two attached hydrogens (primary N) is 2. The average molecular weight is 249 g/mol. The first kappa shape index (κ1) is 15.0. The van der Waals surface area contributed by atoms with Crippen molar-refractivity contribution < 1.29 is 0 Å². The summed E-state index contributed by atoms with van der Waals surface area (Å²) in [6.45, 7) is 4.79. The van der Waals surface area contributed by atoms with Crippen molar-refractivity contribution in [3.63, 3.8) is 0 Å². The van der Waals surface area contributed by atoms with Crippen LogP contribution < -0.4 is 11.5 Å². The van der Waals surface area contributed by atoms with E-state index in [1.807, 2.05) is 0 Å². The van der Waals surface area contributed by atoms with Gasteiger partial charge in [-0.3, -0.25) is 0 Å². The second-order valence-corrected chi connectivity index (χ2v) is 5.03. The Morgan fingerprint density at radius 2 is 2.17 bits per heavy atom. The molecule has 0 aromatic rings. The zero-order valence-corrected chi connectivity index (χ0v) is 11.8. The molecule has 1 unspecified atom stereocenters. The van der Waals surface area contributed by atoms with Crippen LogP contribution in [0, 0.1) is 11.3 Å². The van der Waals surface area contributed by atoms with Gasteiger partial charge in [-0.05, 0) is 36.8 Å². The Hall–Kier alpha value is -1.09. The lowest BCUT2D eigenvalue weighted by Gasteiger charge is -2.11. The summed E-state index contributed by atoms with van der Waals surface area (Å²) in [5.41, 5.74) is 15.6. The number of nitrogens with one attached hydrogen (secondary N) is 1. The van der Waals surface area contributed by atoms with E-state index in [1.165, 1.54) is 12.8 Å². The molecule has 1 aliphatic carbocycles. The summed E-state index contributed by atoms with van der Waals surface area (Å²) in [7, 11) is 0. The Bertz CT molecular complexity index is 353. The van der Waals surface area contributed by atoms with Crippen LogP contribution in [0.2, 0.25) is 0 Å². The standard InChI is InChI=1S/C15H27N3/c1-3-5-6-7-12(10-16)15(18)13-9-8-11(4-2)14(13)17/h7,11,17H,3-6,8-10,16,18H2,1-2H3/b12-7+,15-13-,17-14?. The summed E-state index contributed by atoms with van der Waals surface area (Å²) in [5.74, 6) is 0.396. The number of hydrogen-bond acceptors (Lipinski definition) is 3. The van der Waals surface area contributed by atoms with Crippen LogP contribution in [0.1, 0.15) is 52.4 Å². The summed E-state index contributed by atoms with van der Waals surface area (Å²) >= 11 is 0. The fourth-order valence-corrected chi connectivity index (χ4v) is 2.51. The van der Waals surface area contributed by atoms with Gasteiger partial charge in [0, 0.05) is 23.9 Å². The van der Waals surface area contributed by atoms with Crippen molar-refractivity contribution in [1.82, 2.24) is 0 Å². The highest BCUT2D eigenvalue weighted by Crippen LogP contribution is 2.31. The Morgan fingerprint density at radius 1 is 1.44 bits per heavy atom. The van der Waals surface area contributed by atoms with E-state index in [2.05, 4.69) is 19.9 Å². The maximum Gasteiger partial charge on any atom is 0.0407 e. The van der Waals surface area contributed by atoms with E-state index in [9.17, 15) is 0 Å². The van der Waals surface area contributed by atoms with Gasteiger partial charge in [-0.2, -0.15) is 0 Å². The first-order valence-electron chi connectivity index (χ1n) is 7.12. The van der Waals surface area contributed by atoms with Crippen molar-refractivity contribution in [2.24, 2.45) is 17.4 Å². The van der Waals surface area contributed by atoms with E-state index in [0.717, 1.165) is 48.2 Å². The third kappa shape index (κ3) is 3.45. The van der Waals surface area contributed by atoms with Crippen LogP contribution in [-0.4, -0.2) is 12.3 Å². The van der Waals surface area contributed by atoms with Gasteiger partial charge >= 0.3 is 0 Å². The van der Waals surface area contributed by atoms with E-state index in [4.69, 9.17) is 16.9 Å². The molecule has 3 heteroatoms. The molecule has 1 aliphatic rings. The molecule has 0 amide bonds. The monoisotopic (exact) mass is 249 g/mol. The molecule has 0 heterocycles. The van der Waals surface area contributed by atoms with Crippen molar-refractivity contribution >= 4 is 5.71 Å². The van der Waals surface area contributed by atoms with Crippen molar-refractivity contribution in [1.29, 1.82) is 5.41 Å². The summed E-state index contributed by atoms with van der Waals surface area (Å²) in [6, 6.07) is 0. The van der Waals surface area contributed by atoms with E-state index in [-0.39, 0.29) is 0 Å². The molecule has 1 atom stereocenters. The zero-order valence-electron chi connectivity index (χ0n) is 11.8. The molecule has 5 N–H and O–H groups in total. The van der Waals surface area contributed by atoms with E-state index >= 15 is 0 Å². The Balaban J connectivity index is 2.86. The molecule has 1 rings (SSSR count). The molecule has 0 aromatic heterocycles. The van der Waals surface area contributed by atoms with Gasteiger partial charge in [-0.15, -0.1) is 0 Å². The molecule has 1 fully saturated rings. The SMILES string of the molecule is CCCC/C=C(CN)/C(N)=C1\CCC(CC)C1=N. The molecule has 102 valence electrons. The fraction of sp³-hybridized carbons (Fsp3) is 0.667. The lowest BCUT2D eigenvalue weighted by molar-refractivity contribution is 0.647. The lowest BCUT2D eigenvalue weighted by atomic mass is 9.99. The van der Waals surface area contributed by atoms with Crippen LogP contribution in [0.3, 0.4) is 0 Å². The van der Waals surface area contributed by atoms with Gasteiger partial charge in [-0.1, -0.05) is 32.8 Å². The Morgan fingerprint density at radius 3 is 2.67 bits per heavy atom. The minimum Gasteiger partial charge on any atom is -0.398 e. The molecule has 0 spiro atoms. The van der Waals surface area contributed by atoms with Crippen LogP contribution in [0.25, 0.3) is 0 Å². The third-order valence-electron chi connectivity index (χ3n) is 3.81. The van der Waals surface area contributed by atoms with Crippen molar-refractivity contribution in [2.45, 2.75) is 52.4 Å². The molecular weight excluding hydrogens is 222 g/mol. The summed E-state index contributed by atoms with van der Waals surface area (Å²) < 4.78 is 0. The van der Waals surface area contributed by atoms with E-state index in [0.29, 0.717) is 12.5 Å². The van der Waals surface area contributed by atoms with Crippen LogP contribution >= 0.6 is 0 Å². The molecule has 0 bridgehead atoms. The average Bonchev–Trinajstić information content (AvgIpc) is 2.75. The van der Waals surface area contributed by atoms with Gasteiger partial charge in [0.15, 0.2) is 0 Å². The van der Waals surface area contributed by atoms with Gasteiger partial charge in [0.1, 0.15) is 0 Å². The van der Waals surface area contributed by atoms with Crippen LogP contribution in [-0.2, 0) is 0 Å². The minimum atomic E-state index is 0.396. The maximum absolute atomic E-state index is 8.17. The number of hydrogen-bond donors (Lipinski definition) is 3. The van der Waals surface area contributed by atoms with Crippen LogP contribution in [0.5, 0.6) is 0 Å². The first-order chi connectivity index (χ1) is 8.65. The summed E-state index contributed by atoms with van der Waals surface area (Å²) in [6.07, 6.45) is 8.57. The van der Waals surface area contributed by atoms with Crippen molar-refractivity contribution in [3.05, 3.63) is 22.9 Å². The van der Waals surface area contributed by atoms with Gasteiger partial charge in [0.2, 0.25) is 0 Å². The second kappa shape index (κ2) is 7.37. The van der Waals surface area contributed by atoms with Crippen molar-refractivity contribution in [2.75, 3.05) is 6.54 Å². The fourth-order valence-electron chi connectivity index (χ4n) is 2.51. The molecular formula is C15H27N3. The van der Waals surface area contributed by atoms with Gasteiger partial charge < -0.3 is 16.9 Å². The minimum absolute atomic E-state index is 0.396. The number of allylic oxidation sites excluding steroid dienone is 2. The smallest absolute Gasteiger partial charge is 0.0407 e. The highest BCUT2D eigenvalue weighted by atomic mass is 14.7. The maximum atomic E-state index is 8.17. The summed E-state index contributed by atoms with van der Waals surface area (Å²) in [5, 5.41) is 8.17. The lowest BCUT2D eigenvalue weighted by Crippen LogP contribution is -2.16. The first-order valence-corrected chi connectivity index (χ1v) is 7.12. The quantitative estimate of drug-likeness (QED) is 0.633. The molecule has 1 saturated carbocycles. The summed E-state index contributed by atoms with van der Waals surface area (Å²) in [4.78, 5) is 0. The van der Waals surface area contributed by atoms with Gasteiger partial charge in [0.25, 0.3) is 0 Å². The van der Waals surface area contributed by atoms with Crippen molar-refractivity contribution in [3.8, 4) is 0 Å². The highest BCUT2D eigenvalue weighted by Gasteiger charge is 2.26. The zero-order chi connectivity index (χ0) is 13.5. The van der Waals surface area contributed by atoms with Crippen LogP contribution in [0.15, 0.2) is 22.9 Å². The van der Waals surface area contributed by atoms with Gasteiger partial charge in [-0.25, -0.2) is 0 Å². The normalized spacial score (nSPS) is 23.6. The molecule has 0 saturated heterocycles. The van der Waals surface area contributed by atoms with E-state index < -0.39 is 0 Å². The van der Waals surface area contributed by atoms with Crippen LogP contribution in [0.4, 0.5) is 0 Å². The topological polar surface area (TPSA) is 75.9 Å². The largest absolute Gasteiger partial charge is 0.398 e. The number of rotatable bonds is 6. The predicted molar refractivity (Wildman–Crippen MR) is 78.6 cm³/mol. The molecule has 18 heavy (non-hydrogen) atoms. The Labute approximate surface area is 111 Å². The molecule has 0 radical (unpaired) electrons.